The molecular weight excluding hydrogens is 208 g/mol. The van der Waals surface area contributed by atoms with Crippen molar-refractivity contribution in [2.75, 3.05) is 0 Å². The fraction of sp³-hybridized carbons (Fsp3) is 0.267. The highest BCUT2D eigenvalue weighted by atomic mass is 15.1. The lowest BCUT2D eigenvalue weighted by molar-refractivity contribution is -0.684. The standard InChI is InChI=1S/C15H17N2/c1-5-6-16-7-8-17(11-16)15-13(3)9-12(2)10-14(15)4/h1,7-11H,6H2,2-4H3/q+1. The number of imidazole rings is 1. The van der Waals surface area contributed by atoms with Crippen LogP contribution in [0, 0.1) is 33.1 Å². The van der Waals surface area contributed by atoms with Crippen LogP contribution in [0.25, 0.3) is 5.69 Å². The van der Waals surface area contributed by atoms with Gasteiger partial charge in [-0.25, -0.2) is 9.13 Å². The van der Waals surface area contributed by atoms with E-state index in [1.807, 2.05) is 23.3 Å². The molecule has 0 spiro atoms. The Balaban J connectivity index is 2.49. The van der Waals surface area contributed by atoms with E-state index in [1.54, 1.807) is 0 Å². The molecule has 1 aromatic carbocycles. The summed E-state index contributed by atoms with van der Waals surface area (Å²) in [6.45, 7) is 7.01. The Bertz CT molecular complexity index is 562. The van der Waals surface area contributed by atoms with Crippen LogP contribution in [0.3, 0.4) is 0 Å². The molecule has 2 nitrogen and oxygen atoms in total. The van der Waals surface area contributed by atoms with Gasteiger partial charge in [-0.15, -0.1) is 6.42 Å². The summed E-state index contributed by atoms with van der Waals surface area (Å²) >= 11 is 0. The molecular formula is C15H17N2+. The maximum atomic E-state index is 5.31. The maximum Gasteiger partial charge on any atom is 0.249 e. The van der Waals surface area contributed by atoms with Gasteiger partial charge >= 0.3 is 0 Å². The van der Waals surface area contributed by atoms with E-state index in [2.05, 4.69) is 43.4 Å². The molecule has 86 valence electrons. The molecule has 0 bridgehead atoms. The van der Waals surface area contributed by atoms with Crippen molar-refractivity contribution in [3.8, 4) is 18.0 Å². The molecule has 2 aromatic rings. The highest BCUT2D eigenvalue weighted by Crippen LogP contribution is 2.20. The van der Waals surface area contributed by atoms with Gasteiger partial charge in [0.1, 0.15) is 18.1 Å². The Kier molecular flexibility index (Phi) is 3.01. The second-order valence-corrected chi connectivity index (χ2v) is 4.44. The van der Waals surface area contributed by atoms with E-state index >= 15 is 0 Å². The number of hydrogen-bond donors (Lipinski definition) is 0. The number of hydrogen-bond acceptors (Lipinski definition) is 0. The monoisotopic (exact) mass is 225 g/mol. The second kappa shape index (κ2) is 4.47. The quantitative estimate of drug-likeness (QED) is 0.548. The average Bonchev–Trinajstić information content (AvgIpc) is 2.65. The van der Waals surface area contributed by atoms with Crippen molar-refractivity contribution >= 4 is 0 Å². The minimum absolute atomic E-state index is 0.608. The van der Waals surface area contributed by atoms with Crippen LogP contribution in [0.2, 0.25) is 0 Å². The van der Waals surface area contributed by atoms with Crippen molar-refractivity contribution in [3.63, 3.8) is 0 Å². The molecule has 1 aromatic heterocycles. The number of aromatic nitrogens is 2. The minimum atomic E-state index is 0.608. The summed E-state index contributed by atoms with van der Waals surface area (Å²) in [7, 11) is 0. The van der Waals surface area contributed by atoms with E-state index in [9.17, 15) is 0 Å². The minimum Gasteiger partial charge on any atom is -0.225 e. The van der Waals surface area contributed by atoms with Crippen molar-refractivity contribution in [2.45, 2.75) is 27.3 Å². The maximum absolute atomic E-state index is 5.31. The van der Waals surface area contributed by atoms with Crippen LogP contribution in [0.15, 0.2) is 30.9 Å². The summed E-state index contributed by atoms with van der Waals surface area (Å²) in [5.41, 5.74) is 5.11. The lowest BCUT2D eigenvalue weighted by atomic mass is 10.1. The second-order valence-electron chi connectivity index (χ2n) is 4.44. The molecule has 2 rings (SSSR count). The molecule has 0 amide bonds. The zero-order valence-electron chi connectivity index (χ0n) is 10.6. The van der Waals surface area contributed by atoms with Gasteiger partial charge in [0.25, 0.3) is 0 Å². The Morgan fingerprint density at radius 3 is 2.47 bits per heavy atom. The zero-order valence-corrected chi connectivity index (χ0v) is 10.6. The molecule has 0 N–H and O–H groups in total. The van der Waals surface area contributed by atoms with Gasteiger partial charge in [0.2, 0.25) is 6.33 Å². The predicted molar refractivity (Wildman–Crippen MR) is 69.0 cm³/mol. The Hall–Kier alpha value is -2.01. The third-order valence-electron chi connectivity index (χ3n) is 2.86. The van der Waals surface area contributed by atoms with Crippen LogP contribution < -0.4 is 4.57 Å². The molecule has 0 saturated heterocycles. The van der Waals surface area contributed by atoms with Crippen LogP contribution in [0.4, 0.5) is 0 Å². The fourth-order valence-corrected chi connectivity index (χ4v) is 2.31. The molecule has 0 saturated carbocycles. The van der Waals surface area contributed by atoms with E-state index in [4.69, 9.17) is 6.42 Å². The molecule has 0 radical (unpaired) electrons. The number of rotatable bonds is 2. The molecule has 0 aliphatic carbocycles. The number of benzene rings is 1. The van der Waals surface area contributed by atoms with Gasteiger partial charge in [0.05, 0.1) is 0 Å². The largest absolute Gasteiger partial charge is 0.249 e. The molecule has 0 aliphatic heterocycles. The van der Waals surface area contributed by atoms with Crippen LogP contribution in [0.1, 0.15) is 16.7 Å². The number of aryl methyl sites for hydroxylation is 3. The van der Waals surface area contributed by atoms with Gasteiger partial charge in [0.15, 0.2) is 6.54 Å². The van der Waals surface area contributed by atoms with Gasteiger partial charge < -0.3 is 0 Å². The van der Waals surface area contributed by atoms with Crippen molar-refractivity contribution in [3.05, 3.63) is 47.5 Å². The topological polar surface area (TPSA) is 8.81 Å². The van der Waals surface area contributed by atoms with Crippen molar-refractivity contribution in [2.24, 2.45) is 0 Å². The van der Waals surface area contributed by atoms with Gasteiger partial charge in [-0.05, 0) is 31.9 Å². The lowest BCUT2D eigenvalue weighted by Crippen LogP contribution is -2.29. The van der Waals surface area contributed by atoms with E-state index in [0.29, 0.717) is 6.54 Å². The highest BCUT2D eigenvalue weighted by Gasteiger charge is 2.12. The van der Waals surface area contributed by atoms with E-state index in [0.717, 1.165) is 0 Å². The van der Waals surface area contributed by atoms with Gasteiger partial charge in [-0.3, -0.25) is 0 Å². The first-order chi connectivity index (χ1) is 8.11. The van der Waals surface area contributed by atoms with Crippen LogP contribution >= 0.6 is 0 Å². The van der Waals surface area contributed by atoms with E-state index in [-0.39, 0.29) is 0 Å². The van der Waals surface area contributed by atoms with Crippen molar-refractivity contribution in [1.82, 2.24) is 4.57 Å². The van der Waals surface area contributed by atoms with Crippen molar-refractivity contribution < 1.29 is 4.57 Å². The normalized spacial score (nSPS) is 10.2. The Labute approximate surface area is 103 Å². The molecule has 0 aliphatic rings. The number of nitrogens with zero attached hydrogens (tertiary/aromatic N) is 2. The summed E-state index contributed by atoms with van der Waals surface area (Å²) in [6.07, 6.45) is 11.4. The first-order valence-corrected chi connectivity index (χ1v) is 5.70. The van der Waals surface area contributed by atoms with Gasteiger partial charge in [0, 0.05) is 0 Å². The first kappa shape index (κ1) is 11.5. The average molecular weight is 225 g/mol. The molecule has 1 heterocycles. The number of terminal acetylenes is 1. The molecule has 0 fully saturated rings. The lowest BCUT2D eigenvalue weighted by Gasteiger charge is -2.06. The van der Waals surface area contributed by atoms with Crippen LogP contribution in [0.5, 0.6) is 0 Å². The Morgan fingerprint density at radius 2 is 1.88 bits per heavy atom. The van der Waals surface area contributed by atoms with Crippen molar-refractivity contribution in [1.29, 1.82) is 0 Å². The third kappa shape index (κ3) is 2.24. The van der Waals surface area contributed by atoms with Gasteiger partial charge in [-0.2, -0.15) is 0 Å². The van der Waals surface area contributed by atoms with Crippen LogP contribution in [-0.4, -0.2) is 4.57 Å². The summed E-state index contributed by atoms with van der Waals surface area (Å²) in [6, 6.07) is 4.40. The molecule has 0 unspecified atom stereocenters. The Morgan fingerprint density at radius 1 is 1.24 bits per heavy atom. The highest BCUT2D eigenvalue weighted by molar-refractivity contribution is 5.48. The van der Waals surface area contributed by atoms with Crippen LogP contribution in [-0.2, 0) is 6.54 Å². The first-order valence-electron chi connectivity index (χ1n) is 5.70. The fourth-order valence-electron chi connectivity index (χ4n) is 2.31. The summed E-state index contributed by atoms with van der Waals surface area (Å²) in [5, 5.41) is 0. The molecule has 2 heteroatoms. The third-order valence-corrected chi connectivity index (χ3v) is 2.86. The van der Waals surface area contributed by atoms with E-state index < -0.39 is 0 Å². The van der Waals surface area contributed by atoms with Gasteiger partial charge in [-0.1, -0.05) is 23.6 Å². The predicted octanol–water partition coefficient (Wildman–Crippen LogP) is 2.32. The summed E-state index contributed by atoms with van der Waals surface area (Å²) < 4.78 is 4.13. The zero-order chi connectivity index (χ0) is 12.4. The smallest absolute Gasteiger partial charge is 0.225 e. The van der Waals surface area contributed by atoms with E-state index in [1.165, 1.54) is 22.4 Å². The molecule has 17 heavy (non-hydrogen) atoms. The summed E-state index contributed by atoms with van der Waals surface area (Å²) in [5.74, 6) is 2.64. The SMILES string of the molecule is C#CC[n+]1ccn(-c2c(C)cc(C)cc2C)c1. The summed E-state index contributed by atoms with van der Waals surface area (Å²) in [4.78, 5) is 0. The molecule has 0 atom stereocenters.